The Kier molecular flexibility index (Phi) is 6.74. The van der Waals surface area contributed by atoms with Gasteiger partial charge in [0.15, 0.2) is 0 Å². The van der Waals surface area contributed by atoms with E-state index in [1.165, 1.54) is 42.5 Å². The van der Waals surface area contributed by atoms with E-state index in [1.807, 2.05) is 0 Å². The number of hydrogen-bond donors (Lipinski definition) is 1. The molecule has 178 valence electrons. The van der Waals surface area contributed by atoms with Crippen molar-refractivity contribution in [3.05, 3.63) is 58.1 Å². The van der Waals surface area contributed by atoms with Crippen LogP contribution < -0.4 is 15.4 Å². The zero-order valence-corrected chi connectivity index (χ0v) is 21.0. The van der Waals surface area contributed by atoms with E-state index in [-0.39, 0.29) is 17.2 Å². The van der Waals surface area contributed by atoms with Crippen LogP contribution in [0.25, 0.3) is 0 Å². The number of nitrogens with two attached hydrogens (primary N) is 1. The Balaban J connectivity index is 1.58. The van der Waals surface area contributed by atoms with Crippen LogP contribution >= 0.6 is 0 Å². The highest BCUT2D eigenvalue weighted by molar-refractivity contribution is 5.84. The van der Waals surface area contributed by atoms with Crippen molar-refractivity contribution in [2.24, 2.45) is 11.1 Å². The number of aryl methyl sites for hydroxylation is 3. The average molecular weight is 449 g/mol. The molecule has 0 aromatic heterocycles. The first-order chi connectivity index (χ1) is 15.6. The molecule has 0 saturated heterocycles. The minimum Gasteiger partial charge on any atom is -0.490 e. The van der Waals surface area contributed by atoms with Gasteiger partial charge in [0.1, 0.15) is 5.75 Å². The van der Waals surface area contributed by atoms with Gasteiger partial charge in [0.25, 0.3) is 0 Å². The predicted octanol–water partition coefficient (Wildman–Crippen LogP) is 6.19. The first kappa shape index (κ1) is 23.7. The fraction of sp³-hybridized carbons (Fsp3) is 0.552. The highest BCUT2D eigenvalue weighted by atomic mass is 16.5. The van der Waals surface area contributed by atoms with Crippen LogP contribution in [0.2, 0.25) is 0 Å². The Hall–Kier alpha value is -2.49. The zero-order chi connectivity index (χ0) is 23.8. The van der Waals surface area contributed by atoms with Crippen LogP contribution in [0.4, 0.5) is 5.69 Å². The lowest BCUT2D eigenvalue weighted by Gasteiger charge is -2.32. The number of amides is 1. The van der Waals surface area contributed by atoms with Crippen molar-refractivity contribution in [2.75, 3.05) is 11.4 Å². The first-order valence-corrected chi connectivity index (χ1v) is 12.6. The van der Waals surface area contributed by atoms with E-state index in [2.05, 4.69) is 69.9 Å². The van der Waals surface area contributed by atoms with Crippen LogP contribution in [0.5, 0.6) is 5.75 Å². The van der Waals surface area contributed by atoms with Crippen LogP contribution in [0.3, 0.4) is 0 Å². The van der Waals surface area contributed by atoms with Gasteiger partial charge >= 0.3 is 0 Å². The summed E-state index contributed by atoms with van der Waals surface area (Å²) in [6.45, 7) is 12.4. The minimum atomic E-state index is -0.297. The molecule has 0 spiro atoms. The standard InChI is InChI=1S/C29H40N2O2/c1-19-15-23(16-20(2)26(19)27(28(30)32)29(3,4)5)31-14-8-9-21-17-25(13-12-22(21)18-31)33-24-10-6-7-11-24/h12-13,15-17,24,27H,6-11,14,18H2,1-5H3,(H2,30,32). The quantitative estimate of drug-likeness (QED) is 0.593. The van der Waals surface area contributed by atoms with E-state index < -0.39 is 0 Å². The van der Waals surface area contributed by atoms with Crippen LogP contribution in [-0.2, 0) is 17.8 Å². The molecule has 0 bridgehead atoms. The SMILES string of the molecule is Cc1cc(N2CCCc3cc(OC4CCCC4)ccc3C2)cc(C)c1C(C(N)=O)C(C)(C)C. The van der Waals surface area contributed by atoms with Gasteiger partial charge in [-0.25, -0.2) is 0 Å². The van der Waals surface area contributed by atoms with E-state index in [1.54, 1.807) is 0 Å². The molecule has 4 nitrogen and oxygen atoms in total. The number of hydrogen-bond acceptors (Lipinski definition) is 3. The molecule has 2 aromatic carbocycles. The number of primary amides is 1. The van der Waals surface area contributed by atoms with E-state index in [0.29, 0.717) is 6.10 Å². The number of carbonyl (C=O) groups excluding carboxylic acids is 1. The van der Waals surface area contributed by atoms with Crippen molar-refractivity contribution in [3.8, 4) is 5.75 Å². The number of nitrogens with zero attached hydrogens (tertiary/aromatic N) is 1. The van der Waals surface area contributed by atoms with Crippen LogP contribution in [0.1, 0.15) is 86.6 Å². The molecular weight excluding hydrogens is 408 g/mol. The number of rotatable bonds is 5. The second kappa shape index (κ2) is 9.40. The molecule has 33 heavy (non-hydrogen) atoms. The van der Waals surface area contributed by atoms with Gasteiger partial charge in [-0.1, -0.05) is 26.8 Å². The van der Waals surface area contributed by atoms with Crippen molar-refractivity contribution >= 4 is 11.6 Å². The molecule has 2 aliphatic rings. The average Bonchev–Trinajstić information content (AvgIpc) is 3.13. The van der Waals surface area contributed by atoms with Gasteiger partial charge in [-0.2, -0.15) is 0 Å². The number of carbonyl (C=O) groups is 1. The monoisotopic (exact) mass is 448 g/mol. The third kappa shape index (κ3) is 5.20. The zero-order valence-electron chi connectivity index (χ0n) is 21.0. The lowest BCUT2D eigenvalue weighted by molar-refractivity contribution is -0.121. The van der Waals surface area contributed by atoms with Gasteiger partial charge in [-0.15, -0.1) is 0 Å². The molecule has 1 unspecified atom stereocenters. The highest BCUT2D eigenvalue weighted by Crippen LogP contribution is 2.40. The Morgan fingerprint density at radius 3 is 2.30 bits per heavy atom. The summed E-state index contributed by atoms with van der Waals surface area (Å²) in [6.07, 6.45) is 7.54. The molecule has 1 heterocycles. The molecule has 4 heteroatoms. The molecule has 1 atom stereocenters. The largest absolute Gasteiger partial charge is 0.490 e. The van der Waals surface area contributed by atoms with Gasteiger partial charge in [0.05, 0.1) is 12.0 Å². The molecular formula is C29H40N2O2. The summed E-state index contributed by atoms with van der Waals surface area (Å²) < 4.78 is 6.26. The van der Waals surface area contributed by atoms with Crippen LogP contribution in [0.15, 0.2) is 30.3 Å². The third-order valence-corrected chi connectivity index (χ3v) is 7.40. The van der Waals surface area contributed by atoms with Crippen molar-refractivity contribution < 1.29 is 9.53 Å². The first-order valence-electron chi connectivity index (χ1n) is 12.6. The summed E-state index contributed by atoms with van der Waals surface area (Å²) in [5.41, 5.74) is 13.0. The third-order valence-electron chi connectivity index (χ3n) is 7.40. The maximum Gasteiger partial charge on any atom is 0.225 e. The Morgan fingerprint density at radius 1 is 1.03 bits per heavy atom. The highest BCUT2D eigenvalue weighted by Gasteiger charge is 2.33. The second-order valence-electron chi connectivity index (χ2n) is 11.2. The van der Waals surface area contributed by atoms with Crippen molar-refractivity contribution in [3.63, 3.8) is 0 Å². The Morgan fingerprint density at radius 2 is 1.70 bits per heavy atom. The molecule has 0 radical (unpaired) electrons. The predicted molar refractivity (Wildman–Crippen MR) is 136 cm³/mol. The minimum absolute atomic E-state index is 0.220. The summed E-state index contributed by atoms with van der Waals surface area (Å²) in [7, 11) is 0. The molecule has 1 aliphatic heterocycles. The van der Waals surface area contributed by atoms with E-state index in [4.69, 9.17) is 10.5 Å². The summed E-state index contributed by atoms with van der Waals surface area (Å²) in [5.74, 6) is 0.486. The summed E-state index contributed by atoms with van der Waals surface area (Å²) in [4.78, 5) is 14.8. The lowest BCUT2D eigenvalue weighted by atomic mass is 9.73. The Bertz CT molecular complexity index is 992. The second-order valence-corrected chi connectivity index (χ2v) is 11.2. The maximum atomic E-state index is 12.4. The topological polar surface area (TPSA) is 55.6 Å². The van der Waals surface area contributed by atoms with Gasteiger partial charge < -0.3 is 15.4 Å². The molecule has 1 aliphatic carbocycles. The van der Waals surface area contributed by atoms with Gasteiger partial charge in [-0.05, 0) is 110 Å². The van der Waals surface area contributed by atoms with E-state index >= 15 is 0 Å². The van der Waals surface area contributed by atoms with Crippen molar-refractivity contribution in [1.29, 1.82) is 0 Å². The summed E-state index contributed by atoms with van der Waals surface area (Å²) in [6, 6.07) is 11.2. The van der Waals surface area contributed by atoms with Crippen LogP contribution in [-0.4, -0.2) is 18.6 Å². The molecule has 1 fully saturated rings. The van der Waals surface area contributed by atoms with Gasteiger partial charge in [0, 0.05) is 18.8 Å². The molecule has 2 aromatic rings. The van der Waals surface area contributed by atoms with Crippen molar-refractivity contribution in [2.45, 2.75) is 91.7 Å². The fourth-order valence-corrected chi connectivity index (χ4v) is 5.82. The normalized spacial score (nSPS) is 18.0. The molecule has 1 saturated carbocycles. The number of fused-ring (bicyclic) bond motifs is 1. The maximum absolute atomic E-state index is 12.4. The lowest BCUT2D eigenvalue weighted by Crippen LogP contribution is -2.33. The Labute approximate surface area is 199 Å². The fourth-order valence-electron chi connectivity index (χ4n) is 5.82. The summed E-state index contributed by atoms with van der Waals surface area (Å²) >= 11 is 0. The van der Waals surface area contributed by atoms with E-state index in [0.717, 1.165) is 48.4 Å². The van der Waals surface area contributed by atoms with E-state index in [9.17, 15) is 4.79 Å². The molecule has 4 rings (SSSR count). The van der Waals surface area contributed by atoms with Gasteiger partial charge in [0.2, 0.25) is 5.91 Å². The molecule has 2 N–H and O–H groups in total. The summed E-state index contributed by atoms with van der Waals surface area (Å²) in [5, 5.41) is 0. The van der Waals surface area contributed by atoms with Gasteiger partial charge in [-0.3, -0.25) is 4.79 Å². The number of anilines is 1. The van der Waals surface area contributed by atoms with Crippen molar-refractivity contribution in [1.82, 2.24) is 0 Å². The smallest absolute Gasteiger partial charge is 0.225 e. The van der Waals surface area contributed by atoms with Crippen LogP contribution in [0, 0.1) is 19.3 Å². The number of benzene rings is 2. The number of ether oxygens (including phenoxy) is 1. The molecule has 1 amide bonds.